The summed E-state index contributed by atoms with van der Waals surface area (Å²) in [4.78, 5) is 0. The number of hydrogen-bond acceptors (Lipinski definition) is 0. The Morgan fingerprint density at radius 2 is 1.85 bits per heavy atom. The van der Waals surface area contributed by atoms with Gasteiger partial charge in [0.25, 0.3) is 0 Å². The third kappa shape index (κ3) is 4.40. The molecule has 0 aromatic heterocycles. The second-order valence-corrected chi connectivity index (χ2v) is 7.75. The Morgan fingerprint density at radius 1 is 1.07 bits per heavy atom. The summed E-state index contributed by atoms with van der Waals surface area (Å²) in [5.74, 6) is 0.706. The Hall–Kier alpha value is -1.33. The minimum atomic E-state index is 0. The van der Waals surface area contributed by atoms with E-state index in [1.165, 1.54) is 54.0 Å². The van der Waals surface area contributed by atoms with Crippen LogP contribution in [0.25, 0.3) is 10.8 Å². The standard InChI is InChI=1S/C17H21.C9H7.Zr/c1-3-5-12(2)16-9-8-15-10-13-6-4-7-14(13)11-17(15)16;1-2-5-9-7-3-6-8(9)4-1;/h8-12H,3-7H2,1-2H3;1-5H,6H2;/q2*-1;+2. The molecular formula is C26H28Zr. The summed E-state index contributed by atoms with van der Waals surface area (Å²) < 4.78 is 0. The molecule has 0 bridgehead atoms. The monoisotopic (exact) mass is 430 g/mol. The summed E-state index contributed by atoms with van der Waals surface area (Å²) in [7, 11) is 0. The van der Waals surface area contributed by atoms with Crippen molar-refractivity contribution in [2.24, 2.45) is 0 Å². The van der Waals surface area contributed by atoms with Crippen LogP contribution in [0, 0.1) is 6.08 Å². The SMILES string of the molecule is CCCC(C)c1c[cH-]c2cc3c(cc12)CCC3.[C-]1=CCc2ccccc21.[Zr+2]. The summed E-state index contributed by atoms with van der Waals surface area (Å²) in [6.45, 7) is 4.64. The van der Waals surface area contributed by atoms with Gasteiger partial charge in [0.1, 0.15) is 0 Å². The Kier molecular flexibility index (Phi) is 6.99. The molecule has 1 heteroatoms. The van der Waals surface area contributed by atoms with E-state index in [1.807, 2.05) is 6.07 Å². The van der Waals surface area contributed by atoms with Gasteiger partial charge in [-0.3, -0.25) is 0 Å². The first-order valence-electron chi connectivity index (χ1n) is 10.1. The smallest absolute Gasteiger partial charge is 0.190 e. The molecule has 0 nitrogen and oxygen atoms in total. The van der Waals surface area contributed by atoms with Gasteiger partial charge in [0, 0.05) is 0 Å². The number of fused-ring (bicyclic) bond motifs is 3. The van der Waals surface area contributed by atoms with Gasteiger partial charge in [-0.1, -0.05) is 56.2 Å². The maximum Gasteiger partial charge on any atom is 2.00 e. The Morgan fingerprint density at radius 3 is 2.63 bits per heavy atom. The van der Waals surface area contributed by atoms with E-state index >= 15 is 0 Å². The molecule has 0 amide bonds. The van der Waals surface area contributed by atoms with Crippen molar-refractivity contribution < 1.29 is 26.2 Å². The summed E-state index contributed by atoms with van der Waals surface area (Å²) in [6.07, 6.45) is 12.8. The largest absolute Gasteiger partial charge is 2.00 e. The Labute approximate surface area is 183 Å². The fraction of sp³-hybridized carbons (Fsp3) is 0.346. The van der Waals surface area contributed by atoms with Gasteiger partial charge < -0.3 is 0 Å². The zero-order valence-electron chi connectivity index (χ0n) is 16.5. The first-order valence-corrected chi connectivity index (χ1v) is 10.1. The van der Waals surface area contributed by atoms with Crippen molar-refractivity contribution in [2.75, 3.05) is 0 Å². The van der Waals surface area contributed by atoms with Crippen molar-refractivity contribution in [2.45, 2.75) is 58.3 Å². The van der Waals surface area contributed by atoms with Crippen LogP contribution >= 0.6 is 0 Å². The van der Waals surface area contributed by atoms with E-state index in [4.69, 9.17) is 0 Å². The van der Waals surface area contributed by atoms with Crippen molar-refractivity contribution >= 4 is 10.8 Å². The maximum atomic E-state index is 3.18. The molecule has 0 spiro atoms. The first kappa shape index (κ1) is 20.4. The maximum absolute atomic E-state index is 3.18. The summed E-state index contributed by atoms with van der Waals surface area (Å²) in [5, 5.41) is 2.98. The molecule has 3 aromatic rings. The summed E-state index contributed by atoms with van der Waals surface area (Å²) in [5.41, 5.74) is 7.43. The molecule has 3 aromatic carbocycles. The Balaban J connectivity index is 0.000000178. The second kappa shape index (κ2) is 9.25. The fourth-order valence-corrected chi connectivity index (χ4v) is 4.43. The molecule has 1 atom stereocenters. The van der Waals surface area contributed by atoms with E-state index in [-0.39, 0.29) is 26.2 Å². The van der Waals surface area contributed by atoms with Gasteiger partial charge in [-0.05, 0) is 19.3 Å². The third-order valence-electron chi connectivity index (χ3n) is 5.87. The molecule has 0 aliphatic heterocycles. The van der Waals surface area contributed by atoms with Crippen LogP contribution in [0.1, 0.15) is 66.8 Å². The van der Waals surface area contributed by atoms with E-state index in [9.17, 15) is 0 Å². The number of benzene rings is 2. The summed E-state index contributed by atoms with van der Waals surface area (Å²) >= 11 is 0. The molecule has 2 aliphatic rings. The third-order valence-corrected chi connectivity index (χ3v) is 5.87. The zero-order chi connectivity index (χ0) is 17.9. The van der Waals surface area contributed by atoms with Crippen LogP contribution in [0.5, 0.6) is 0 Å². The number of hydrogen-bond donors (Lipinski definition) is 0. The van der Waals surface area contributed by atoms with Gasteiger partial charge in [0.15, 0.2) is 0 Å². The van der Waals surface area contributed by atoms with E-state index in [0.717, 1.165) is 6.42 Å². The molecule has 0 saturated heterocycles. The van der Waals surface area contributed by atoms with Crippen LogP contribution in [0.2, 0.25) is 0 Å². The molecule has 136 valence electrons. The average molecular weight is 432 g/mol. The van der Waals surface area contributed by atoms with E-state index in [1.54, 1.807) is 16.7 Å². The van der Waals surface area contributed by atoms with Crippen LogP contribution in [0.3, 0.4) is 0 Å². The molecule has 1 unspecified atom stereocenters. The van der Waals surface area contributed by atoms with Crippen LogP contribution in [0.15, 0.2) is 54.6 Å². The molecule has 0 fully saturated rings. The predicted octanol–water partition coefficient (Wildman–Crippen LogP) is 6.90. The van der Waals surface area contributed by atoms with Crippen LogP contribution in [-0.4, -0.2) is 0 Å². The molecule has 27 heavy (non-hydrogen) atoms. The van der Waals surface area contributed by atoms with E-state index in [0.29, 0.717) is 5.92 Å². The molecular weight excluding hydrogens is 404 g/mol. The van der Waals surface area contributed by atoms with Crippen molar-refractivity contribution in [3.05, 3.63) is 88.5 Å². The van der Waals surface area contributed by atoms with Crippen molar-refractivity contribution in [1.82, 2.24) is 0 Å². The van der Waals surface area contributed by atoms with E-state index < -0.39 is 0 Å². The van der Waals surface area contributed by atoms with Gasteiger partial charge in [-0.25, -0.2) is 0 Å². The van der Waals surface area contributed by atoms with Crippen LogP contribution < -0.4 is 0 Å². The topological polar surface area (TPSA) is 0 Å². The van der Waals surface area contributed by atoms with Crippen molar-refractivity contribution in [3.63, 3.8) is 0 Å². The van der Waals surface area contributed by atoms with Gasteiger partial charge in [0.05, 0.1) is 0 Å². The first-order chi connectivity index (χ1) is 12.8. The molecule has 0 radical (unpaired) electrons. The average Bonchev–Trinajstić information content (AvgIpc) is 3.39. The normalized spacial score (nSPS) is 14.9. The van der Waals surface area contributed by atoms with E-state index in [2.05, 4.69) is 68.5 Å². The minimum absolute atomic E-state index is 0. The van der Waals surface area contributed by atoms with Crippen LogP contribution in [0.4, 0.5) is 0 Å². The molecule has 0 heterocycles. The minimum Gasteiger partial charge on any atom is -0.190 e. The number of rotatable bonds is 3. The van der Waals surface area contributed by atoms with Gasteiger partial charge in [0.2, 0.25) is 0 Å². The molecule has 0 saturated carbocycles. The predicted molar refractivity (Wildman–Crippen MR) is 112 cm³/mol. The number of allylic oxidation sites excluding steroid dienone is 1. The molecule has 0 N–H and O–H groups in total. The van der Waals surface area contributed by atoms with Gasteiger partial charge in [-0.15, -0.1) is 52.7 Å². The van der Waals surface area contributed by atoms with Crippen LogP contribution in [-0.2, 0) is 45.5 Å². The quantitative estimate of drug-likeness (QED) is 0.396. The Bertz CT molecular complexity index is 929. The fourth-order valence-electron chi connectivity index (χ4n) is 4.43. The van der Waals surface area contributed by atoms with Gasteiger partial charge >= 0.3 is 26.2 Å². The molecule has 2 aliphatic carbocycles. The van der Waals surface area contributed by atoms with Crippen molar-refractivity contribution in [3.8, 4) is 0 Å². The summed E-state index contributed by atoms with van der Waals surface area (Å²) in [6, 6.07) is 17.9. The van der Waals surface area contributed by atoms with Gasteiger partial charge in [-0.2, -0.15) is 29.3 Å². The second-order valence-electron chi connectivity index (χ2n) is 7.75. The number of aryl methyl sites for hydroxylation is 2. The molecule has 5 rings (SSSR count). The zero-order valence-corrected chi connectivity index (χ0v) is 19.0. The van der Waals surface area contributed by atoms with Crippen molar-refractivity contribution in [1.29, 1.82) is 0 Å².